The topological polar surface area (TPSA) is 43.4 Å². The number of ketones is 2. The summed E-state index contributed by atoms with van der Waals surface area (Å²) in [5.41, 5.74) is 0.752. The van der Waals surface area contributed by atoms with Gasteiger partial charge in [0.15, 0.2) is 11.6 Å². The number of ether oxygens (including phenoxy) is 1. The summed E-state index contributed by atoms with van der Waals surface area (Å²) in [5.74, 6) is 1.06. The number of Topliss-reactive ketones (excluding diaryl/α,β-unsaturated/α-hetero) is 2. The van der Waals surface area contributed by atoms with E-state index in [1.807, 2.05) is 0 Å². The molecule has 102 valence electrons. The van der Waals surface area contributed by atoms with Crippen LogP contribution in [0.4, 0.5) is 0 Å². The van der Waals surface area contributed by atoms with Crippen LogP contribution in [-0.2, 0) is 4.79 Å². The average molecular weight is 260 g/mol. The molecular formula is C16H20O3. The lowest BCUT2D eigenvalue weighted by atomic mass is 9.84. The van der Waals surface area contributed by atoms with Crippen molar-refractivity contribution >= 4 is 11.6 Å². The second kappa shape index (κ2) is 6.50. The van der Waals surface area contributed by atoms with Crippen LogP contribution in [0.15, 0.2) is 24.3 Å². The third kappa shape index (κ3) is 3.91. The van der Waals surface area contributed by atoms with Crippen LogP contribution < -0.4 is 4.74 Å². The van der Waals surface area contributed by atoms with Crippen molar-refractivity contribution in [3.8, 4) is 5.75 Å². The summed E-state index contributed by atoms with van der Waals surface area (Å²) in [7, 11) is 0. The second-order valence-electron chi connectivity index (χ2n) is 5.21. The van der Waals surface area contributed by atoms with Gasteiger partial charge < -0.3 is 4.74 Å². The molecule has 1 aliphatic rings. The van der Waals surface area contributed by atoms with E-state index in [2.05, 4.69) is 0 Å². The van der Waals surface area contributed by atoms with Gasteiger partial charge in [0, 0.05) is 11.5 Å². The highest BCUT2D eigenvalue weighted by atomic mass is 16.5. The number of carbonyl (C=O) groups is 2. The molecule has 19 heavy (non-hydrogen) atoms. The Morgan fingerprint density at radius 1 is 1.11 bits per heavy atom. The Morgan fingerprint density at radius 3 is 2.32 bits per heavy atom. The van der Waals surface area contributed by atoms with Gasteiger partial charge in [-0.15, -0.1) is 0 Å². The summed E-state index contributed by atoms with van der Waals surface area (Å²) in [6.07, 6.45) is 5.61. The molecule has 1 aromatic carbocycles. The molecule has 1 aromatic rings. The fraction of sp³-hybridized carbons (Fsp3) is 0.500. The van der Waals surface area contributed by atoms with Gasteiger partial charge >= 0.3 is 0 Å². The summed E-state index contributed by atoms with van der Waals surface area (Å²) >= 11 is 0. The van der Waals surface area contributed by atoms with E-state index in [4.69, 9.17) is 4.74 Å². The molecule has 0 aromatic heterocycles. The van der Waals surface area contributed by atoms with Gasteiger partial charge in [-0.2, -0.15) is 0 Å². The highest BCUT2D eigenvalue weighted by molar-refractivity contribution is 5.98. The maximum Gasteiger partial charge on any atom is 0.167 e. The largest absolute Gasteiger partial charge is 0.486 e. The monoisotopic (exact) mass is 260 g/mol. The van der Waals surface area contributed by atoms with Gasteiger partial charge in [-0.05, 0) is 44.0 Å². The lowest BCUT2D eigenvalue weighted by Gasteiger charge is -2.20. The molecule has 1 aliphatic carbocycles. The van der Waals surface area contributed by atoms with E-state index < -0.39 is 0 Å². The fourth-order valence-electron chi connectivity index (χ4n) is 2.50. The molecule has 0 saturated heterocycles. The first-order chi connectivity index (χ1) is 9.16. The summed E-state index contributed by atoms with van der Waals surface area (Å²) in [5, 5.41) is 0. The molecule has 0 N–H and O–H groups in total. The molecule has 0 heterocycles. The molecule has 2 rings (SSSR count). The Hall–Kier alpha value is -1.64. The quantitative estimate of drug-likeness (QED) is 0.762. The molecule has 3 heteroatoms. The van der Waals surface area contributed by atoms with Crippen molar-refractivity contribution in [1.82, 2.24) is 0 Å². The zero-order valence-corrected chi connectivity index (χ0v) is 11.4. The van der Waals surface area contributed by atoms with Gasteiger partial charge in [0.2, 0.25) is 0 Å². The minimum atomic E-state index is -0.0117. The third-order valence-electron chi connectivity index (χ3n) is 3.56. The molecule has 1 saturated carbocycles. The molecule has 0 bridgehead atoms. The fourth-order valence-corrected chi connectivity index (χ4v) is 2.50. The van der Waals surface area contributed by atoms with Gasteiger partial charge in [0.25, 0.3) is 0 Å². The van der Waals surface area contributed by atoms with Gasteiger partial charge in [-0.25, -0.2) is 0 Å². The summed E-state index contributed by atoms with van der Waals surface area (Å²) in [6, 6.07) is 7.12. The SMILES string of the molecule is CC(=O)COc1ccc(C(=O)C2CCCCC2)cc1. The number of hydrogen-bond donors (Lipinski definition) is 0. The molecule has 0 unspecified atom stereocenters. The van der Waals surface area contributed by atoms with E-state index in [-0.39, 0.29) is 24.1 Å². The van der Waals surface area contributed by atoms with E-state index in [1.165, 1.54) is 13.3 Å². The van der Waals surface area contributed by atoms with Crippen molar-refractivity contribution < 1.29 is 14.3 Å². The Labute approximate surface area is 114 Å². The van der Waals surface area contributed by atoms with E-state index in [0.717, 1.165) is 31.2 Å². The lowest BCUT2D eigenvalue weighted by Crippen LogP contribution is -2.17. The number of carbonyl (C=O) groups excluding carboxylic acids is 2. The molecular weight excluding hydrogens is 240 g/mol. The standard InChI is InChI=1S/C16H20O3/c1-12(17)11-19-15-9-7-14(8-10-15)16(18)13-5-3-2-4-6-13/h7-10,13H,2-6,11H2,1H3. The first-order valence-electron chi connectivity index (χ1n) is 6.93. The van der Waals surface area contributed by atoms with Crippen LogP contribution in [0.1, 0.15) is 49.4 Å². The Balaban J connectivity index is 1.97. The van der Waals surface area contributed by atoms with Crippen LogP contribution in [-0.4, -0.2) is 18.2 Å². The van der Waals surface area contributed by atoms with Crippen molar-refractivity contribution in [1.29, 1.82) is 0 Å². The Morgan fingerprint density at radius 2 is 1.74 bits per heavy atom. The van der Waals surface area contributed by atoms with Crippen LogP contribution in [0.25, 0.3) is 0 Å². The molecule has 0 spiro atoms. The Bertz CT molecular complexity index is 442. The minimum absolute atomic E-state index is 0.0117. The predicted molar refractivity (Wildman–Crippen MR) is 73.5 cm³/mol. The second-order valence-corrected chi connectivity index (χ2v) is 5.21. The zero-order chi connectivity index (χ0) is 13.7. The maximum atomic E-state index is 12.3. The van der Waals surface area contributed by atoms with Crippen molar-refractivity contribution in [2.75, 3.05) is 6.61 Å². The summed E-state index contributed by atoms with van der Waals surface area (Å²) in [4.78, 5) is 23.1. The van der Waals surface area contributed by atoms with Gasteiger partial charge in [-0.3, -0.25) is 9.59 Å². The minimum Gasteiger partial charge on any atom is -0.486 e. The highest BCUT2D eigenvalue weighted by Crippen LogP contribution is 2.27. The number of benzene rings is 1. The molecule has 0 aliphatic heterocycles. The predicted octanol–water partition coefficient (Wildman–Crippen LogP) is 3.42. The van der Waals surface area contributed by atoms with Crippen LogP contribution >= 0.6 is 0 Å². The molecule has 0 atom stereocenters. The average Bonchev–Trinajstić information content (AvgIpc) is 2.46. The van der Waals surface area contributed by atoms with Gasteiger partial charge in [-0.1, -0.05) is 19.3 Å². The van der Waals surface area contributed by atoms with Crippen LogP contribution in [0.2, 0.25) is 0 Å². The molecule has 0 amide bonds. The first-order valence-corrected chi connectivity index (χ1v) is 6.93. The molecule has 1 fully saturated rings. The van der Waals surface area contributed by atoms with E-state index in [9.17, 15) is 9.59 Å². The lowest BCUT2D eigenvalue weighted by molar-refractivity contribution is -0.118. The first kappa shape index (κ1) is 13.8. The molecule has 0 radical (unpaired) electrons. The highest BCUT2D eigenvalue weighted by Gasteiger charge is 2.22. The maximum absolute atomic E-state index is 12.3. The Kier molecular flexibility index (Phi) is 4.72. The van der Waals surface area contributed by atoms with Gasteiger partial charge in [0.05, 0.1) is 0 Å². The number of hydrogen-bond acceptors (Lipinski definition) is 3. The van der Waals surface area contributed by atoms with Crippen molar-refractivity contribution in [2.45, 2.75) is 39.0 Å². The van der Waals surface area contributed by atoms with E-state index >= 15 is 0 Å². The van der Waals surface area contributed by atoms with Crippen molar-refractivity contribution in [2.24, 2.45) is 5.92 Å². The number of rotatable bonds is 5. The third-order valence-corrected chi connectivity index (χ3v) is 3.56. The molecule has 3 nitrogen and oxygen atoms in total. The van der Waals surface area contributed by atoms with Crippen LogP contribution in [0.5, 0.6) is 5.75 Å². The van der Waals surface area contributed by atoms with Gasteiger partial charge in [0.1, 0.15) is 12.4 Å². The van der Waals surface area contributed by atoms with Crippen molar-refractivity contribution in [3.05, 3.63) is 29.8 Å². The summed E-state index contributed by atoms with van der Waals surface area (Å²) < 4.78 is 5.29. The zero-order valence-electron chi connectivity index (χ0n) is 11.4. The normalized spacial score (nSPS) is 16.1. The van der Waals surface area contributed by atoms with Crippen LogP contribution in [0.3, 0.4) is 0 Å². The smallest absolute Gasteiger partial charge is 0.167 e. The summed E-state index contributed by atoms with van der Waals surface area (Å²) in [6.45, 7) is 1.57. The van der Waals surface area contributed by atoms with E-state index in [1.54, 1.807) is 24.3 Å². The van der Waals surface area contributed by atoms with E-state index in [0.29, 0.717) is 5.75 Å². The van der Waals surface area contributed by atoms with Crippen LogP contribution in [0, 0.1) is 5.92 Å². The van der Waals surface area contributed by atoms with Crippen molar-refractivity contribution in [3.63, 3.8) is 0 Å².